The van der Waals surface area contributed by atoms with Crippen molar-refractivity contribution < 1.29 is 4.74 Å². The summed E-state index contributed by atoms with van der Waals surface area (Å²) in [4.78, 5) is 0. The molecule has 116 valence electrons. The molecule has 21 heavy (non-hydrogen) atoms. The predicted octanol–water partition coefficient (Wildman–Crippen LogP) is 6.55. The van der Waals surface area contributed by atoms with E-state index in [9.17, 15) is 0 Å². The molecule has 0 heterocycles. The summed E-state index contributed by atoms with van der Waals surface area (Å²) >= 11 is 4.55. The lowest BCUT2D eigenvalue weighted by Crippen LogP contribution is -1.99. The number of ether oxygens (including phenoxy) is 1. The molecule has 1 nitrogen and oxygen atoms in total. The smallest absolute Gasteiger partial charge is 0.125 e. The highest BCUT2D eigenvalue weighted by molar-refractivity contribution is 14.1. The molecule has 0 aliphatic carbocycles. The molecule has 0 unspecified atom stereocenters. The van der Waals surface area contributed by atoms with Gasteiger partial charge >= 0.3 is 0 Å². The summed E-state index contributed by atoms with van der Waals surface area (Å²) in [5.74, 6) is 1.11. The fourth-order valence-corrected chi connectivity index (χ4v) is 3.23. The highest BCUT2D eigenvalue weighted by Crippen LogP contribution is 2.28. The molecule has 0 amide bonds. The van der Waals surface area contributed by atoms with E-state index < -0.39 is 0 Å². The summed E-state index contributed by atoms with van der Waals surface area (Å²) in [6.07, 6.45) is 11.2. The molecule has 0 spiro atoms. The Bertz CT molecular complexity index is 439. The van der Waals surface area contributed by atoms with Gasteiger partial charge < -0.3 is 4.74 Å². The Morgan fingerprint density at radius 1 is 0.952 bits per heavy atom. The third kappa shape index (κ3) is 7.17. The maximum atomic E-state index is 5.71. The van der Waals surface area contributed by atoms with Crippen molar-refractivity contribution >= 4 is 45.2 Å². The van der Waals surface area contributed by atoms with Crippen molar-refractivity contribution in [1.29, 1.82) is 0 Å². The average molecular weight is 510 g/mol. The van der Waals surface area contributed by atoms with Crippen molar-refractivity contribution in [3.05, 3.63) is 49.1 Å². The summed E-state index contributed by atoms with van der Waals surface area (Å²) in [6, 6.07) is 4.56. The number of allylic oxidation sites excluding steroid dienone is 2. The van der Waals surface area contributed by atoms with Crippen LogP contribution < -0.4 is 4.74 Å². The molecule has 0 bridgehead atoms. The fraction of sp³-hybridized carbons (Fsp3) is 0.444. The van der Waals surface area contributed by atoms with Gasteiger partial charge in [-0.05, 0) is 64.7 Å². The van der Waals surface area contributed by atoms with Crippen molar-refractivity contribution in [2.24, 2.45) is 0 Å². The minimum Gasteiger partial charge on any atom is -0.496 e. The molecule has 0 saturated carbocycles. The van der Waals surface area contributed by atoms with Gasteiger partial charge in [-0.15, -0.1) is 0 Å². The van der Waals surface area contributed by atoms with Gasteiger partial charge in [-0.2, -0.15) is 0 Å². The van der Waals surface area contributed by atoms with Crippen LogP contribution in [0.25, 0.3) is 0 Å². The Balaban J connectivity index is 2.79. The lowest BCUT2D eigenvalue weighted by molar-refractivity contribution is 0.403. The average Bonchev–Trinajstić information content (AvgIpc) is 2.48. The van der Waals surface area contributed by atoms with E-state index in [-0.39, 0.29) is 0 Å². The Labute approximate surface area is 156 Å². The quantitative estimate of drug-likeness (QED) is 0.271. The topological polar surface area (TPSA) is 9.23 Å². The highest BCUT2D eigenvalue weighted by Gasteiger charge is 2.10. The second-order valence-electron chi connectivity index (χ2n) is 5.12. The SMILES string of the molecule is COc1c(CCC/C=C/I)cc(C)cc1CCC/C=C/I. The summed E-state index contributed by atoms with van der Waals surface area (Å²) in [7, 11) is 1.80. The van der Waals surface area contributed by atoms with Crippen LogP contribution >= 0.6 is 45.2 Å². The first kappa shape index (κ1) is 19.0. The first-order valence-corrected chi connectivity index (χ1v) is 9.89. The molecule has 1 rings (SSSR count). The first-order chi connectivity index (χ1) is 10.2. The van der Waals surface area contributed by atoms with Crippen LogP contribution in [0.15, 0.2) is 32.5 Å². The predicted molar refractivity (Wildman–Crippen MR) is 110 cm³/mol. The van der Waals surface area contributed by atoms with Gasteiger partial charge in [0.1, 0.15) is 5.75 Å². The molecular formula is C18H24I2O. The molecule has 0 atom stereocenters. The molecule has 0 aromatic heterocycles. The van der Waals surface area contributed by atoms with Gasteiger partial charge in [0.25, 0.3) is 0 Å². The van der Waals surface area contributed by atoms with E-state index in [0.29, 0.717) is 0 Å². The maximum Gasteiger partial charge on any atom is 0.125 e. The number of halogens is 2. The second kappa shape index (κ2) is 11.5. The number of unbranched alkanes of at least 4 members (excludes halogenated alkanes) is 2. The van der Waals surface area contributed by atoms with Crippen molar-refractivity contribution in [1.82, 2.24) is 0 Å². The van der Waals surface area contributed by atoms with Crippen LogP contribution in [-0.4, -0.2) is 7.11 Å². The first-order valence-electron chi connectivity index (χ1n) is 7.39. The van der Waals surface area contributed by atoms with Gasteiger partial charge in [-0.25, -0.2) is 0 Å². The van der Waals surface area contributed by atoms with E-state index in [1.54, 1.807) is 7.11 Å². The van der Waals surface area contributed by atoms with E-state index in [0.717, 1.165) is 31.4 Å². The van der Waals surface area contributed by atoms with Gasteiger partial charge in [0.15, 0.2) is 0 Å². The largest absolute Gasteiger partial charge is 0.496 e. The van der Waals surface area contributed by atoms with Crippen LogP contribution in [0, 0.1) is 6.92 Å². The number of aryl methyl sites for hydroxylation is 3. The summed E-state index contributed by atoms with van der Waals surface area (Å²) in [6.45, 7) is 2.18. The number of hydrogen-bond acceptors (Lipinski definition) is 1. The van der Waals surface area contributed by atoms with E-state index in [1.807, 2.05) is 0 Å². The van der Waals surface area contributed by atoms with E-state index in [1.165, 1.54) is 29.5 Å². The standard InChI is InChI=1S/C18H24I2O/c1-15-13-16(9-5-3-7-11-19)18(21-2)17(14-15)10-6-4-8-12-20/h7-8,11-14H,3-6,9-10H2,1-2H3/b11-7+,12-8+. The molecule has 0 N–H and O–H groups in total. The zero-order valence-electron chi connectivity index (χ0n) is 12.9. The zero-order valence-corrected chi connectivity index (χ0v) is 17.2. The summed E-state index contributed by atoms with van der Waals surface area (Å²) < 4.78 is 9.90. The van der Waals surface area contributed by atoms with Crippen molar-refractivity contribution in [2.45, 2.75) is 45.4 Å². The lowest BCUT2D eigenvalue weighted by atomic mass is 9.97. The van der Waals surface area contributed by atoms with Crippen molar-refractivity contribution in [3.63, 3.8) is 0 Å². The van der Waals surface area contributed by atoms with Crippen LogP contribution in [-0.2, 0) is 12.8 Å². The summed E-state index contributed by atoms with van der Waals surface area (Å²) in [5.41, 5.74) is 4.06. The fourth-order valence-electron chi connectivity index (χ4n) is 2.51. The molecule has 0 aliphatic heterocycles. The van der Waals surface area contributed by atoms with Crippen LogP contribution in [0.2, 0.25) is 0 Å². The Morgan fingerprint density at radius 3 is 1.81 bits per heavy atom. The van der Waals surface area contributed by atoms with Crippen LogP contribution in [0.4, 0.5) is 0 Å². The second-order valence-corrected chi connectivity index (χ2v) is 6.56. The normalized spacial score (nSPS) is 11.6. The zero-order chi connectivity index (χ0) is 15.5. The monoisotopic (exact) mass is 510 g/mol. The molecule has 1 aromatic rings. The summed E-state index contributed by atoms with van der Waals surface area (Å²) in [5, 5.41) is 0. The van der Waals surface area contributed by atoms with Gasteiger partial charge in [0, 0.05) is 0 Å². The van der Waals surface area contributed by atoms with Crippen molar-refractivity contribution in [2.75, 3.05) is 7.11 Å². The van der Waals surface area contributed by atoms with Crippen LogP contribution in [0.1, 0.15) is 42.4 Å². The van der Waals surface area contributed by atoms with Gasteiger partial charge in [0.2, 0.25) is 0 Å². The van der Waals surface area contributed by atoms with Gasteiger partial charge in [-0.3, -0.25) is 0 Å². The van der Waals surface area contributed by atoms with Crippen molar-refractivity contribution in [3.8, 4) is 5.75 Å². The third-order valence-corrected chi connectivity index (χ3v) is 4.42. The molecule has 0 aliphatic rings. The third-order valence-electron chi connectivity index (χ3n) is 3.40. The molecule has 3 heteroatoms. The van der Waals surface area contributed by atoms with E-state index >= 15 is 0 Å². The van der Waals surface area contributed by atoms with E-state index in [2.05, 4.69) is 84.6 Å². The van der Waals surface area contributed by atoms with Crippen LogP contribution in [0.3, 0.4) is 0 Å². The Hall–Kier alpha value is -0.0400. The van der Waals surface area contributed by atoms with Gasteiger partial charge in [-0.1, -0.05) is 75.0 Å². The van der Waals surface area contributed by atoms with Crippen LogP contribution in [0.5, 0.6) is 5.75 Å². The number of methoxy groups -OCH3 is 1. The Kier molecular flexibility index (Phi) is 10.4. The van der Waals surface area contributed by atoms with E-state index in [4.69, 9.17) is 4.74 Å². The highest BCUT2D eigenvalue weighted by atomic mass is 127. The minimum absolute atomic E-state index is 1.09. The van der Waals surface area contributed by atoms with Gasteiger partial charge in [0.05, 0.1) is 7.11 Å². The minimum atomic E-state index is 1.09. The lowest BCUT2D eigenvalue weighted by Gasteiger charge is -2.15. The molecule has 0 radical (unpaired) electrons. The molecule has 0 saturated heterocycles. The molecule has 1 aromatic carbocycles. The molecule has 0 fully saturated rings. The number of hydrogen-bond donors (Lipinski definition) is 0. The number of rotatable bonds is 9. The molecular weight excluding hydrogens is 486 g/mol. The maximum absolute atomic E-state index is 5.71. The Morgan fingerprint density at radius 2 is 1.43 bits per heavy atom. The number of benzene rings is 1.